The minimum Gasteiger partial charge on any atom is -0.467 e. The van der Waals surface area contributed by atoms with Gasteiger partial charge in [-0.15, -0.1) is 6.42 Å². The van der Waals surface area contributed by atoms with Crippen molar-refractivity contribution in [3.63, 3.8) is 0 Å². The Balaban J connectivity index is 2.58. The van der Waals surface area contributed by atoms with E-state index in [1.807, 2.05) is 0 Å². The average Bonchev–Trinajstić information content (AvgIpc) is 2.72. The molecule has 10 nitrogen and oxygen atoms in total. The molecule has 0 aliphatic carbocycles. The number of benzene rings is 1. The van der Waals surface area contributed by atoms with Gasteiger partial charge in [0, 0.05) is 26.3 Å². The van der Waals surface area contributed by atoms with Crippen molar-refractivity contribution in [3.05, 3.63) is 26.6 Å². The number of carbonyl (C=O) groups excluding carboxylic acids is 4. The van der Waals surface area contributed by atoms with Crippen LogP contribution in [-0.4, -0.2) is 61.7 Å². The van der Waals surface area contributed by atoms with E-state index in [-0.39, 0.29) is 5.75 Å². The number of ether oxygens (including phenoxy) is 6. The quantitative estimate of drug-likeness (QED) is 0.276. The van der Waals surface area contributed by atoms with Gasteiger partial charge < -0.3 is 28.4 Å². The summed E-state index contributed by atoms with van der Waals surface area (Å²) >= 11 is 6.67. The number of methoxy groups -OCH3 is 1. The van der Waals surface area contributed by atoms with Crippen LogP contribution in [0.4, 0.5) is 0 Å². The van der Waals surface area contributed by atoms with Gasteiger partial charge in [0.05, 0.1) is 16.1 Å². The Kier molecular flexibility index (Phi) is 9.27. The molecule has 33 heavy (non-hydrogen) atoms. The lowest BCUT2D eigenvalue weighted by molar-refractivity contribution is -0.282. The summed E-state index contributed by atoms with van der Waals surface area (Å²) in [6.45, 7) is 3.30. The van der Waals surface area contributed by atoms with Crippen LogP contribution < -0.4 is 4.74 Å². The zero-order chi connectivity index (χ0) is 24.9. The number of hydrogen-bond acceptors (Lipinski definition) is 10. The number of esters is 4. The van der Waals surface area contributed by atoms with Gasteiger partial charge in [-0.2, -0.15) is 0 Å². The van der Waals surface area contributed by atoms with E-state index in [0.717, 1.165) is 27.9 Å². The van der Waals surface area contributed by atoms with Crippen LogP contribution in [0.5, 0.6) is 5.75 Å². The van der Waals surface area contributed by atoms with Crippen LogP contribution in [0.2, 0.25) is 0 Å². The summed E-state index contributed by atoms with van der Waals surface area (Å²) in [7, 11) is 1.09. The highest BCUT2D eigenvalue weighted by atomic mass is 79.9. The first kappa shape index (κ1) is 26.6. The molecule has 1 aliphatic rings. The number of hydrogen-bond donors (Lipinski definition) is 0. The van der Waals surface area contributed by atoms with Crippen molar-refractivity contribution in [2.75, 3.05) is 7.11 Å². The Morgan fingerprint density at radius 2 is 1.39 bits per heavy atom. The molecular weight excluding hydrogens is 572 g/mol. The third-order valence-corrected chi connectivity index (χ3v) is 5.41. The van der Waals surface area contributed by atoms with Crippen molar-refractivity contribution in [1.82, 2.24) is 0 Å². The first-order valence-corrected chi connectivity index (χ1v) is 10.9. The van der Waals surface area contributed by atoms with Gasteiger partial charge in [-0.05, 0) is 44.0 Å². The van der Waals surface area contributed by atoms with Crippen LogP contribution in [0, 0.1) is 12.3 Å². The summed E-state index contributed by atoms with van der Waals surface area (Å²) in [5.74, 6) is -0.638. The summed E-state index contributed by atoms with van der Waals surface area (Å²) in [6.07, 6.45) is -2.00. The molecule has 0 spiro atoms. The topological polar surface area (TPSA) is 124 Å². The Morgan fingerprint density at radius 1 is 0.909 bits per heavy atom. The summed E-state index contributed by atoms with van der Waals surface area (Å²) in [6, 6.07) is 3.18. The predicted octanol–water partition coefficient (Wildman–Crippen LogP) is 2.26. The highest BCUT2D eigenvalue weighted by Crippen LogP contribution is 2.38. The number of rotatable bonds is 6. The third kappa shape index (κ3) is 6.69. The standard InChI is InChI=1S/C21H20Br2O10/c1-6-12-7-13(22)15(14(23)8-12)32-21-19(31-11(4)26)17(30-10(3)25)16(29-9(2)24)18(33-21)20(27)28-5/h1,7-8,16-19,21H,2-5H3. The fourth-order valence-electron chi connectivity index (χ4n) is 3.05. The van der Waals surface area contributed by atoms with Crippen molar-refractivity contribution >= 4 is 55.7 Å². The van der Waals surface area contributed by atoms with Gasteiger partial charge in [0.1, 0.15) is 0 Å². The maximum Gasteiger partial charge on any atom is 0.339 e. The molecule has 0 radical (unpaired) electrons. The molecule has 2 rings (SSSR count). The predicted molar refractivity (Wildman–Crippen MR) is 118 cm³/mol. The largest absolute Gasteiger partial charge is 0.467 e. The van der Waals surface area contributed by atoms with Gasteiger partial charge in [0.2, 0.25) is 12.4 Å². The fraction of sp³-hybridized carbons (Fsp3) is 0.429. The second kappa shape index (κ2) is 11.5. The van der Waals surface area contributed by atoms with E-state index in [9.17, 15) is 19.2 Å². The summed E-state index contributed by atoms with van der Waals surface area (Å²) < 4.78 is 33.0. The van der Waals surface area contributed by atoms with Crippen LogP contribution in [-0.2, 0) is 42.9 Å². The Hall–Kier alpha value is -2.62. The molecule has 0 bridgehead atoms. The molecule has 1 heterocycles. The third-order valence-electron chi connectivity index (χ3n) is 4.23. The van der Waals surface area contributed by atoms with Crippen LogP contribution in [0.3, 0.4) is 0 Å². The summed E-state index contributed by atoms with van der Waals surface area (Å²) in [4.78, 5) is 47.8. The Morgan fingerprint density at radius 3 is 1.85 bits per heavy atom. The Labute approximate surface area is 206 Å². The van der Waals surface area contributed by atoms with Crippen molar-refractivity contribution in [2.45, 2.75) is 51.5 Å². The van der Waals surface area contributed by atoms with Gasteiger partial charge in [-0.3, -0.25) is 14.4 Å². The van der Waals surface area contributed by atoms with Crippen LogP contribution in [0.1, 0.15) is 26.3 Å². The SMILES string of the molecule is C#Cc1cc(Br)c(OC2OC(C(=O)OC)C(OC(C)=O)C(OC(C)=O)C2OC(C)=O)c(Br)c1. The lowest BCUT2D eigenvalue weighted by Crippen LogP contribution is -2.64. The highest BCUT2D eigenvalue weighted by molar-refractivity contribution is 9.11. The van der Waals surface area contributed by atoms with Gasteiger partial charge >= 0.3 is 23.9 Å². The highest BCUT2D eigenvalue weighted by Gasteiger charge is 2.56. The van der Waals surface area contributed by atoms with E-state index in [0.29, 0.717) is 14.5 Å². The number of terminal acetylenes is 1. The maximum atomic E-state index is 12.5. The molecule has 0 amide bonds. The molecule has 5 unspecified atom stereocenters. The van der Waals surface area contributed by atoms with Crippen LogP contribution >= 0.6 is 31.9 Å². The second-order valence-corrected chi connectivity index (χ2v) is 8.41. The second-order valence-electron chi connectivity index (χ2n) is 6.70. The van der Waals surface area contributed by atoms with Crippen molar-refractivity contribution in [2.24, 2.45) is 0 Å². The first-order valence-electron chi connectivity index (χ1n) is 9.35. The van der Waals surface area contributed by atoms with Crippen molar-refractivity contribution in [1.29, 1.82) is 0 Å². The zero-order valence-electron chi connectivity index (χ0n) is 18.0. The van der Waals surface area contributed by atoms with Crippen molar-refractivity contribution in [3.8, 4) is 18.1 Å². The van der Waals surface area contributed by atoms with Crippen LogP contribution in [0.15, 0.2) is 21.1 Å². The molecular formula is C21H20Br2O10. The van der Waals surface area contributed by atoms with Crippen molar-refractivity contribution < 1.29 is 47.6 Å². The summed E-state index contributed by atoms with van der Waals surface area (Å²) in [5, 5.41) is 0. The van der Waals surface area contributed by atoms with Gasteiger partial charge in [0.15, 0.2) is 24.1 Å². The molecule has 1 aromatic rings. The van der Waals surface area contributed by atoms with E-state index < -0.39 is 54.6 Å². The van der Waals surface area contributed by atoms with Gasteiger partial charge in [-0.1, -0.05) is 5.92 Å². The number of halogens is 2. The van der Waals surface area contributed by atoms with Gasteiger partial charge in [0.25, 0.3) is 0 Å². The molecule has 0 N–H and O–H groups in total. The lowest BCUT2D eigenvalue weighted by atomic mass is 9.97. The van der Waals surface area contributed by atoms with Gasteiger partial charge in [-0.25, -0.2) is 4.79 Å². The van der Waals surface area contributed by atoms with E-state index >= 15 is 0 Å². The molecule has 178 valence electrons. The maximum absolute atomic E-state index is 12.5. The molecule has 1 saturated heterocycles. The van der Waals surface area contributed by atoms with E-state index in [4.69, 9.17) is 34.8 Å². The average molecular weight is 592 g/mol. The molecule has 1 aliphatic heterocycles. The fourth-order valence-corrected chi connectivity index (χ4v) is 4.42. The lowest BCUT2D eigenvalue weighted by Gasteiger charge is -2.43. The summed E-state index contributed by atoms with van der Waals surface area (Å²) in [5.41, 5.74) is 0.530. The smallest absolute Gasteiger partial charge is 0.339 e. The zero-order valence-corrected chi connectivity index (χ0v) is 21.1. The molecule has 1 fully saturated rings. The van der Waals surface area contributed by atoms with E-state index in [1.165, 1.54) is 0 Å². The molecule has 5 atom stereocenters. The van der Waals surface area contributed by atoms with Crippen LogP contribution in [0.25, 0.3) is 0 Å². The first-order chi connectivity index (χ1) is 15.5. The van der Waals surface area contributed by atoms with E-state index in [2.05, 4.69) is 37.8 Å². The molecule has 1 aromatic carbocycles. The normalized spacial score (nSPS) is 24.1. The van der Waals surface area contributed by atoms with E-state index in [1.54, 1.807) is 12.1 Å². The molecule has 0 aromatic heterocycles. The Bertz CT molecular complexity index is 963. The molecule has 0 saturated carbocycles. The minimum absolute atomic E-state index is 0.187. The molecule has 12 heteroatoms. The monoisotopic (exact) mass is 590 g/mol. The number of carbonyl (C=O) groups is 4. The minimum atomic E-state index is -1.57.